The molecule has 1 saturated heterocycles. The fraction of sp³-hybridized carbons (Fsp3) is 0.533. The lowest BCUT2D eigenvalue weighted by Gasteiger charge is -2.37. The van der Waals surface area contributed by atoms with E-state index in [-0.39, 0.29) is 6.42 Å². The molecule has 2 N–H and O–H groups in total. The van der Waals surface area contributed by atoms with E-state index in [9.17, 15) is 15.0 Å². The van der Waals surface area contributed by atoms with Crippen LogP contribution in [0, 0.1) is 0 Å². The summed E-state index contributed by atoms with van der Waals surface area (Å²) in [5.41, 5.74) is 0.342. The number of ether oxygens (including phenoxy) is 4. The number of carbonyl (C=O) groups excluding carboxylic acids is 1. The Hall–Kier alpha value is -1.67. The van der Waals surface area contributed by atoms with E-state index < -0.39 is 37.2 Å². The van der Waals surface area contributed by atoms with Gasteiger partial charge in [0.2, 0.25) is 0 Å². The number of methoxy groups -OCH3 is 2. The third-order valence-corrected chi connectivity index (χ3v) is 3.54. The number of benzene rings is 1. The number of esters is 1. The van der Waals surface area contributed by atoms with Crippen LogP contribution in [-0.4, -0.2) is 61.6 Å². The summed E-state index contributed by atoms with van der Waals surface area (Å²) in [7, 11) is 2.98. The van der Waals surface area contributed by atoms with Crippen LogP contribution >= 0.6 is 0 Å². The predicted molar refractivity (Wildman–Crippen MR) is 75.6 cm³/mol. The molecule has 7 nitrogen and oxygen atoms in total. The van der Waals surface area contributed by atoms with E-state index in [1.807, 2.05) is 0 Å². The molecule has 1 aromatic rings. The first-order valence-corrected chi connectivity index (χ1v) is 6.91. The Bertz CT molecular complexity index is 487. The number of carbonyl (C=O) groups is 1. The van der Waals surface area contributed by atoms with Crippen LogP contribution in [0.25, 0.3) is 0 Å². The van der Waals surface area contributed by atoms with Crippen molar-refractivity contribution in [2.75, 3.05) is 20.8 Å². The average molecular weight is 312 g/mol. The Morgan fingerprint density at radius 3 is 2.55 bits per heavy atom. The minimum atomic E-state index is -1.11. The van der Waals surface area contributed by atoms with Gasteiger partial charge in [-0.05, 0) is 24.3 Å². The molecule has 122 valence electrons. The summed E-state index contributed by atoms with van der Waals surface area (Å²) in [6.07, 6.45) is -3.23. The Labute approximate surface area is 128 Å². The lowest BCUT2D eigenvalue weighted by Crippen LogP contribution is -2.51. The van der Waals surface area contributed by atoms with E-state index in [1.54, 1.807) is 24.3 Å². The van der Waals surface area contributed by atoms with Gasteiger partial charge in [0.1, 0.15) is 24.1 Å². The number of rotatable bonds is 5. The maximum Gasteiger partial charge on any atom is 0.338 e. The minimum Gasteiger partial charge on any atom is -0.497 e. The number of aliphatic hydroxyl groups excluding tert-OH is 2. The first-order valence-electron chi connectivity index (χ1n) is 6.91. The Balaban J connectivity index is 2.04. The van der Waals surface area contributed by atoms with Crippen LogP contribution in [-0.2, 0) is 14.2 Å². The van der Waals surface area contributed by atoms with E-state index >= 15 is 0 Å². The summed E-state index contributed by atoms with van der Waals surface area (Å²) in [5.74, 6) is 0.0580. The normalized spacial score (nSPS) is 28.2. The molecular weight excluding hydrogens is 292 g/mol. The fourth-order valence-electron chi connectivity index (χ4n) is 2.25. The molecule has 0 radical (unpaired) electrons. The Morgan fingerprint density at radius 2 is 2.00 bits per heavy atom. The number of hydrogen-bond donors (Lipinski definition) is 2. The van der Waals surface area contributed by atoms with Gasteiger partial charge in [0, 0.05) is 13.5 Å². The second kappa shape index (κ2) is 7.55. The van der Waals surface area contributed by atoms with Crippen molar-refractivity contribution in [1.82, 2.24) is 0 Å². The summed E-state index contributed by atoms with van der Waals surface area (Å²) in [4.78, 5) is 12.1. The van der Waals surface area contributed by atoms with Crippen molar-refractivity contribution < 1.29 is 34.0 Å². The molecule has 1 aliphatic rings. The van der Waals surface area contributed by atoms with Gasteiger partial charge in [-0.3, -0.25) is 0 Å². The minimum absolute atomic E-state index is 0.191. The van der Waals surface area contributed by atoms with Crippen molar-refractivity contribution in [3.63, 3.8) is 0 Å². The fourth-order valence-corrected chi connectivity index (χ4v) is 2.25. The van der Waals surface area contributed by atoms with Gasteiger partial charge in [0.25, 0.3) is 0 Å². The van der Waals surface area contributed by atoms with Gasteiger partial charge < -0.3 is 29.2 Å². The molecule has 0 saturated carbocycles. The Kier molecular flexibility index (Phi) is 5.73. The molecule has 22 heavy (non-hydrogen) atoms. The first kappa shape index (κ1) is 16.7. The highest BCUT2D eigenvalue weighted by molar-refractivity contribution is 5.89. The van der Waals surface area contributed by atoms with Crippen molar-refractivity contribution in [1.29, 1.82) is 0 Å². The smallest absolute Gasteiger partial charge is 0.338 e. The molecule has 2 rings (SSSR count). The standard InChI is InChI=1S/C15H20O7/c1-19-10-5-3-9(4-6-10)15(18)22-11-7-13(20-2)21-12(8-16)14(11)17/h3-6,11-14,16-17H,7-8H2,1-2H3/t11-,12+,13-,14-/m0/s1. The molecule has 0 amide bonds. The zero-order valence-corrected chi connectivity index (χ0v) is 12.5. The molecule has 1 aromatic carbocycles. The van der Waals surface area contributed by atoms with Gasteiger partial charge in [0.15, 0.2) is 6.29 Å². The van der Waals surface area contributed by atoms with E-state index in [1.165, 1.54) is 14.2 Å². The molecule has 0 aliphatic carbocycles. The molecule has 0 spiro atoms. The van der Waals surface area contributed by atoms with Crippen LogP contribution < -0.4 is 4.74 Å². The van der Waals surface area contributed by atoms with Gasteiger partial charge in [-0.1, -0.05) is 0 Å². The second-order valence-corrected chi connectivity index (χ2v) is 4.92. The molecule has 1 fully saturated rings. The first-order chi connectivity index (χ1) is 10.6. The molecule has 0 aromatic heterocycles. The summed E-state index contributed by atoms with van der Waals surface area (Å²) < 4.78 is 20.7. The summed E-state index contributed by atoms with van der Waals surface area (Å²) in [6, 6.07) is 6.44. The predicted octanol–water partition coefficient (Wildman–Crippen LogP) is 0.335. The van der Waals surface area contributed by atoms with Crippen molar-refractivity contribution >= 4 is 5.97 Å². The molecule has 0 unspecified atom stereocenters. The van der Waals surface area contributed by atoms with Gasteiger partial charge >= 0.3 is 5.97 Å². The van der Waals surface area contributed by atoms with Gasteiger partial charge in [-0.15, -0.1) is 0 Å². The van der Waals surface area contributed by atoms with E-state index in [4.69, 9.17) is 18.9 Å². The van der Waals surface area contributed by atoms with Crippen LogP contribution in [0.5, 0.6) is 5.75 Å². The SMILES string of the molecule is COc1ccc(C(=O)O[C@H]2C[C@@H](OC)O[C@H](CO)[C@H]2O)cc1. The summed E-state index contributed by atoms with van der Waals surface area (Å²) in [6.45, 7) is -0.391. The van der Waals surface area contributed by atoms with Crippen LogP contribution in [0.3, 0.4) is 0 Å². The van der Waals surface area contributed by atoms with E-state index in [0.29, 0.717) is 11.3 Å². The lowest BCUT2D eigenvalue weighted by molar-refractivity contribution is -0.248. The summed E-state index contributed by atoms with van der Waals surface area (Å²) in [5, 5.41) is 19.3. The van der Waals surface area contributed by atoms with Crippen molar-refractivity contribution in [3.05, 3.63) is 29.8 Å². The third kappa shape index (κ3) is 3.75. The van der Waals surface area contributed by atoms with Gasteiger partial charge in [-0.25, -0.2) is 4.79 Å². The second-order valence-electron chi connectivity index (χ2n) is 4.92. The lowest BCUT2D eigenvalue weighted by atomic mass is 10.0. The zero-order chi connectivity index (χ0) is 16.1. The van der Waals surface area contributed by atoms with Gasteiger partial charge in [0.05, 0.1) is 19.3 Å². The van der Waals surface area contributed by atoms with Crippen molar-refractivity contribution in [2.24, 2.45) is 0 Å². The number of aliphatic hydroxyl groups is 2. The molecule has 1 aliphatic heterocycles. The van der Waals surface area contributed by atoms with Crippen LogP contribution in [0.15, 0.2) is 24.3 Å². The van der Waals surface area contributed by atoms with Crippen molar-refractivity contribution in [3.8, 4) is 5.75 Å². The molecule has 7 heteroatoms. The van der Waals surface area contributed by atoms with E-state index in [0.717, 1.165) is 0 Å². The number of hydrogen-bond acceptors (Lipinski definition) is 7. The molecule has 0 bridgehead atoms. The average Bonchev–Trinajstić information content (AvgIpc) is 2.56. The quantitative estimate of drug-likeness (QED) is 0.757. The van der Waals surface area contributed by atoms with Crippen LogP contribution in [0.4, 0.5) is 0 Å². The van der Waals surface area contributed by atoms with Crippen LogP contribution in [0.1, 0.15) is 16.8 Å². The Morgan fingerprint density at radius 1 is 1.32 bits per heavy atom. The molecule has 1 heterocycles. The highest BCUT2D eigenvalue weighted by Crippen LogP contribution is 2.24. The molecular formula is C15H20O7. The van der Waals surface area contributed by atoms with Crippen molar-refractivity contribution in [2.45, 2.75) is 31.0 Å². The van der Waals surface area contributed by atoms with Crippen LogP contribution in [0.2, 0.25) is 0 Å². The topological polar surface area (TPSA) is 94.5 Å². The molecule has 4 atom stereocenters. The maximum atomic E-state index is 12.1. The van der Waals surface area contributed by atoms with Gasteiger partial charge in [-0.2, -0.15) is 0 Å². The summed E-state index contributed by atoms with van der Waals surface area (Å²) >= 11 is 0. The zero-order valence-electron chi connectivity index (χ0n) is 12.5. The largest absolute Gasteiger partial charge is 0.497 e. The highest BCUT2D eigenvalue weighted by Gasteiger charge is 2.39. The maximum absolute atomic E-state index is 12.1. The van der Waals surface area contributed by atoms with E-state index in [2.05, 4.69) is 0 Å². The monoisotopic (exact) mass is 312 g/mol. The highest BCUT2D eigenvalue weighted by atomic mass is 16.7. The third-order valence-electron chi connectivity index (χ3n) is 3.54.